The third-order valence-electron chi connectivity index (χ3n) is 2.93. The first-order valence-corrected chi connectivity index (χ1v) is 5.77. The summed E-state index contributed by atoms with van der Waals surface area (Å²) in [5.74, 6) is 0. The van der Waals surface area contributed by atoms with E-state index < -0.39 is 0 Å². The van der Waals surface area contributed by atoms with Gasteiger partial charge >= 0.3 is 0 Å². The molecule has 0 bridgehead atoms. The van der Waals surface area contributed by atoms with E-state index in [1.54, 1.807) is 0 Å². The zero-order valence-corrected chi connectivity index (χ0v) is 9.48. The summed E-state index contributed by atoms with van der Waals surface area (Å²) in [5, 5.41) is 4.68. The maximum atomic E-state index is 3.42. The van der Waals surface area contributed by atoms with Gasteiger partial charge in [-0.1, -0.05) is 36.4 Å². The van der Waals surface area contributed by atoms with Crippen LogP contribution >= 0.6 is 0 Å². The van der Waals surface area contributed by atoms with Crippen LogP contribution in [0.15, 0.2) is 60.8 Å². The lowest BCUT2D eigenvalue weighted by molar-refractivity contribution is 1.16. The van der Waals surface area contributed by atoms with Crippen LogP contribution in [0.2, 0.25) is 0 Å². The highest BCUT2D eigenvalue weighted by Gasteiger charge is 2.00. The molecule has 3 rings (SSSR count). The van der Waals surface area contributed by atoms with Crippen LogP contribution in [0, 0.1) is 0 Å². The predicted octanol–water partition coefficient (Wildman–Crippen LogP) is 3.78. The molecule has 2 N–H and O–H groups in total. The van der Waals surface area contributed by atoms with Gasteiger partial charge in [0.05, 0.1) is 5.52 Å². The van der Waals surface area contributed by atoms with E-state index in [-0.39, 0.29) is 0 Å². The molecule has 3 aromatic rings. The third kappa shape index (κ3) is 2.02. The average molecular weight is 222 g/mol. The lowest BCUT2D eigenvalue weighted by Gasteiger charge is -2.07. The Morgan fingerprint density at radius 2 is 1.76 bits per heavy atom. The maximum absolute atomic E-state index is 3.42. The highest BCUT2D eigenvalue weighted by atomic mass is 14.9. The number of fused-ring (bicyclic) bond motifs is 1. The molecule has 17 heavy (non-hydrogen) atoms. The number of aromatic amines is 1. The standard InChI is InChI=1S/C15H14N2/c1-2-7-14(8-3-1)17-11-13-6-4-5-12-9-10-16-15(12)13/h1-10,16-17H,11H2. The fourth-order valence-electron chi connectivity index (χ4n) is 2.05. The van der Waals surface area contributed by atoms with Crippen LogP contribution in [-0.2, 0) is 6.54 Å². The second-order valence-corrected chi connectivity index (χ2v) is 4.08. The molecule has 1 aromatic heterocycles. The van der Waals surface area contributed by atoms with Gasteiger partial charge in [0.25, 0.3) is 0 Å². The van der Waals surface area contributed by atoms with Gasteiger partial charge in [-0.3, -0.25) is 0 Å². The van der Waals surface area contributed by atoms with Gasteiger partial charge < -0.3 is 10.3 Å². The number of nitrogens with one attached hydrogen (secondary N) is 2. The molecule has 0 atom stereocenters. The fraction of sp³-hybridized carbons (Fsp3) is 0.0667. The van der Waals surface area contributed by atoms with Gasteiger partial charge in [-0.15, -0.1) is 0 Å². The molecule has 0 aliphatic rings. The van der Waals surface area contributed by atoms with Crippen molar-refractivity contribution in [2.75, 3.05) is 5.32 Å². The summed E-state index contributed by atoms with van der Waals surface area (Å²) >= 11 is 0. The van der Waals surface area contributed by atoms with Gasteiger partial charge in [0.15, 0.2) is 0 Å². The Balaban J connectivity index is 1.84. The van der Waals surface area contributed by atoms with Crippen molar-refractivity contribution in [3.05, 3.63) is 66.4 Å². The lowest BCUT2D eigenvalue weighted by Crippen LogP contribution is -1.99. The van der Waals surface area contributed by atoms with Gasteiger partial charge in [-0.2, -0.15) is 0 Å². The van der Waals surface area contributed by atoms with Crippen LogP contribution in [0.25, 0.3) is 10.9 Å². The highest BCUT2D eigenvalue weighted by Crippen LogP contribution is 2.18. The third-order valence-corrected chi connectivity index (χ3v) is 2.93. The van der Waals surface area contributed by atoms with Gasteiger partial charge in [0.1, 0.15) is 0 Å². The minimum absolute atomic E-state index is 0.835. The summed E-state index contributed by atoms with van der Waals surface area (Å²) in [6.45, 7) is 0.835. The van der Waals surface area contributed by atoms with Gasteiger partial charge in [-0.05, 0) is 29.1 Å². The first-order valence-electron chi connectivity index (χ1n) is 5.77. The molecule has 2 aromatic carbocycles. The van der Waals surface area contributed by atoms with Gasteiger partial charge in [0, 0.05) is 18.4 Å². The molecular formula is C15H14N2. The normalized spacial score (nSPS) is 10.6. The number of rotatable bonds is 3. The number of para-hydroxylation sites is 2. The molecule has 0 saturated carbocycles. The molecule has 0 unspecified atom stereocenters. The number of benzene rings is 2. The van der Waals surface area contributed by atoms with Gasteiger partial charge in [0.2, 0.25) is 0 Å². The van der Waals surface area contributed by atoms with E-state index in [2.05, 4.69) is 46.7 Å². The van der Waals surface area contributed by atoms with Crippen molar-refractivity contribution >= 4 is 16.6 Å². The Labute approximate surface area is 100 Å². The van der Waals surface area contributed by atoms with E-state index in [1.807, 2.05) is 24.4 Å². The second kappa shape index (κ2) is 4.34. The molecule has 84 valence electrons. The summed E-state index contributed by atoms with van der Waals surface area (Å²) in [4.78, 5) is 3.28. The van der Waals surface area contributed by atoms with Crippen LogP contribution in [0.3, 0.4) is 0 Å². The minimum Gasteiger partial charge on any atom is -0.381 e. The first-order chi connectivity index (χ1) is 8.43. The molecule has 2 nitrogen and oxygen atoms in total. The largest absolute Gasteiger partial charge is 0.381 e. The van der Waals surface area contributed by atoms with Crippen molar-refractivity contribution in [3.8, 4) is 0 Å². The molecule has 1 heterocycles. The van der Waals surface area contributed by atoms with E-state index >= 15 is 0 Å². The Kier molecular flexibility index (Phi) is 2.54. The van der Waals surface area contributed by atoms with E-state index in [0.717, 1.165) is 12.2 Å². The van der Waals surface area contributed by atoms with Crippen molar-refractivity contribution in [1.82, 2.24) is 4.98 Å². The van der Waals surface area contributed by atoms with Crippen LogP contribution < -0.4 is 5.32 Å². The molecule has 0 amide bonds. The molecule has 0 fully saturated rings. The molecule has 2 heteroatoms. The Bertz CT molecular complexity index is 611. The van der Waals surface area contributed by atoms with E-state index in [4.69, 9.17) is 0 Å². The number of hydrogen-bond donors (Lipinski definition) is 2. The molecule has 0 saturated heterocycles. The van der Waals surface area contributed by atoms with Crippen LogP contribution in [-0.4, -0.2) is 4.98 Å². The topological polar surface area (TPSA) is 27.8 Å². The van der Waals surface area contributed by atoms with Crippen molar-refractivity contribution in [2.24, 2.45) is 0 Å². The van der Waals surface area contributed by atoms with Crippen LogP contribution in [0.5, 0.6) is 0 Å². The molecule has 0 aliphatic heterocycles. The fourth-order valence-corrected chi connectivity index (χ4v) is 2.05. The number of anilines is 1. The SMILES string of the molecule is c1ccc(NCc2cccc3cc[nH]c23)cc1. The van der Waals surface area contributed by atoms with E-state index in [9.17, 15) is 0 Å². The maximum Gasteiger partial charge on any atom is 0.0504 e. The van der Waals surface area contributed by atoms with Crippen molar-refractivity contribution < 1.29 is 0 Å². The summed E-state index contributed by atoms with van der Waals surface area (Å²) in [7, 11) is 0. The summed E-state index contributed by atoms with van der Waals surface area (Å²) in [6, 6.07) is 18.7. The zero-order chi connectivity index (χ0) is 11.5. The lowest BCUT2D eigenvalue weighted by atomic mass is 10.1. The summed E-state index contributed by atoms with van der Waals surface area (Å²) in [6.07, 6.45) is 1.98. The highest BCUT2D eigenvalue weighted by molar-refractivity contribution is 5.82. The molecule has 0 spiro atoms. The first kappa shape index (κ1) is 9.97. The smallest absolute Gasteiger partial charge is 0.0504 e. The quantitative estimate of drug-likeness (QED) is 0.693. The van der Waals surface area contributed by atoms with Crippen LogP contribution in [0.1, 0.15) is 5.56 Å². The second-order valence-electron chi connectivity index (χ2n) is 4.08. The van der Waals surface area contributed by atoms with E-state index in [1.165, 1.54) is 16.5 Å². The zero-order valence-electron chi connectivity index (χ0n) is 9.48. The van der Waals surface area contributed by atoms with Crippen molar-refractivity contribution in [3.63, 3.8) is 0 Å². The molecule has 0 aliphatic carbocycles. The summed E-state index contributed by atoms with van der Waals surface area (Å²) in [5.41, 5.74) is 3.66. The summed E-state index contributed by atoms with van der Waals surface area (Å²) < 4.78 is 0. The van der Waals surface area contributed by atoms with Crippen molar-refractivity contribution in [2.45, 2.75) is 6.54 Å². The van der Waals surface area contributed by atoms with Crippen molar-refractivity contribution in [1.29, 1.82) is 0 Å². The number of hydrogen-bond acceptors (Lipinski definition) is 1. The minimum atomic E-state index is 0.835. The molecule has 0 radical (unpaired) electrons. The predicted molar refractivity (Wildman–Crippen MR) is 72.1 cm³/mol. The Morgan fingerprint density at radius 1 is 0.882 bits per heavy atom. The number of aromatic nitrogens is 1. The average Bonchev–Trinajstić information content (AvgIpc) is 2.86. The van der Waals surface area contributed by atoms with Crippen LogP contribution in [0.4, 0.5) is 5.69 Å². The Hall–Kier alpha value is -2.22. The number of H-pyrrole nitrogens is 1. The monoisotopic (exact) mass is 222 g/mol. The Morgan fingerprint density at radius 3 is 2.65 bits per heavy atom. The van der Waals surface area contributed by atoms with Gasteiger partial charge in [-0.25, -0.2) is 0 Å². The molecular weight excluding hydrogens is 208 g/mol. The van der Waals surface area contributed by atoms with E-state index in [0.29, 0.717) is 0 Å².